The molecule has 2 rings (SSSR count). The van der Waals surface area contributed by atoms with E-state index in [0.29, 0.717) is 67.1 Å². The molecule has 0 radical (unpaired) electrons. The van der Waals surface area contributed by atoms with E-state index in [1.807, 2.05) is 13.8 Å². The monoisotopic (exact) mass is 516 g/mol. The zero-order valence-electron chi connectivity index (χ0n) is 22.2. The van der Waals surface area contributed by atoms with Gasteiger partial charge in [-0.25, -0.2) is 5.84 Å². The Bertz CT molecular complexity index is 994. The van der Waals surface area contributed by atoms with Gasteiger partial charge in [0.15, 0.2) is 6.29 Å². The van der Waals surface area contributed by atoms with E-state index >= 15 is 0 Å². The first-order valence-corrected chi connectivity index (χ1v) is 12.3. The lowest BCUT2D eigenvalue weighted by molar-refractivity contribution is -0.136. The summed E-state index contributed by atoms with van der Waals surface area (Å²) in [5, 5.41) is 6.84. The fourth-order valence-corrected chi connectivity index (χ4v) is 3.54. The Labute approximate surface area is 218 Å². The number of likely N-dealkylation sites (N-methyl/N-ethyl adjacent to an activating group) is 1. The molecule has 1 heterocycles. The van der Waals surface area contributed by atoms with E-state index in [4.69, 9.17) is 16.3 Å². The number of ether oxygens (including phenoxy) is 1. The average Bonchev–Trinajstić information content (AvgIpc) is 2.87. The molecule has 0 saturated carbocycles. The SMILES string of the molecule is C=C(c1cccc(NC/C(N)=C/N(N)CCOCCC(C)=O)c1C=O)N(C)C1CCC(=O)NC1=O.CC. The van der Waals surface area contributed by atoms with Gasteiger partial charge in [0, 0.05) is 54.3 Å². The van der Waals surface area contributed by atoms with E-state index in [1.165, 1.54) is 11.9 Å². The van der Waals surface area contributed by atoms with Gasteiger partial charge in [-0.2, -0.15) is 0 Å². The predicted octanol–water partition coefficient (Wildman–Crippen LogP) is 1.62. The largest absolute Gasteiger partial charge is 0.399 e. The molecule has 1 aromatic rings. The predicted molar refractivity (Wildman–Crippen MR) is 144 cm³/mol. The number of ketones is 1. The van der Waals surface area contributed by atoms with Crippen LogP contribution in [0.15, 0.2) is 36.7 Å². The fraction of sp³-hybridized carbons (Fsp3) is 0.462. The van der Waals surface area contributed by atoms with Crippen LogP contribution in [-0.2, 0) is 19.1 Å². The van der Waals surface area contributed by atoms with Crippen LogP contribution in [0.25, 0.3) is 5.70 Å². The van der Waals surface area contributed by atoms with Crippen molar-refractivity contribution in [1.82, 2.24) is 15.2 Å². The standard InChI is InChI=1S/C24H34N6O5.C2H6/c1-16(32)9-11-35-12-10-30(26)14-18(25)13-27-21-6-4-5-19(20(21)15-31)17(2)29(3)22-7-8-23(33)28-24(22)34;1-2/h4-6,14-15,22,27H,2,7-13,25-26H2,1,3H3,(H,28,33,34);1-2H3/b18-14-;. The molecule has 1 fully saturated rings. The van der Waals surface area contributed by atoms with Gasteiger partial charge in [0.25, 0.3) is 0 Å². The number of piperidine rings is 1. The summed E-state index contributed by atoms with van der Waals surface area (Å²) in [4.78, 5) is 48.2. The molecule has 1 unspecified atom stereocenters. The first-order valence-electron chi connectivity index (χ1n) is 12.3. The number of carbonyl (C=O) groups excluding carboxylic acids is 4. The fourth-order valence-electron chi connectivity index (χ4n) is 3.54. The Morgan fingerprint density at radius 3 is 2.62 bits per heavy atom. The van der Waals surface area contributed by atoms with Gasteiger partial charge in [-0.3, -0.25) is 24.5 Å². The van der Waals surface area contributed by atoms with Crippen LogP contribution >= 0.6 is 0 Å². The highest BCUT2D eigenvalue weighted by Crippen LogP contribution is 2.28. The number of hydrazine groups is 1. The highest BCUT2D eigenvalue weighted by Gasteiger charge is 2.31. The van der Waals surface area contributed by atoms with Crippen molar-refractivity contribution < 1.29 is 23.9 Å². The third-order valence-corrected chi connectivity index (χ3v) is 5.55. The number of nitrogens with two attached hydrogens (primary N) is 2. The van der Waals surface area contributed by atoms with Crippen LogP contribution in [0.2, 0.25) is 0 Å². The van der Waals surface area contributed by atoms with Crippen molar-refractivity contribution >= 4 is 35.3 Å². The van der Waals surface area contributed by atoms with Gasteiger partial charge in [0.1, 0.15) is 11.8 Å². The van der Waals surface area contributed by atoms with Crippen molar-refractivity contribution in [2.24, 2.45) is 11.6 Å². The molecular formula is C26H40N6O5. The van der Waals surface area contributed by atoms with Crippen LogP contribution in [0.1, 0.15) is 56.0 Å². The van der Waals surface area contributed by atoms with Gasteiger partial charge < -0.3 is 25.7 Å². The van der Waals surface area contributed by atoms with Gasteiger partial charge >= 0.3 is 0 Å². The molecule has 37 heavy (non-hydrogen) atoms. The molecule has 0 spiro atoms. The van der Waals surface area contributed by atoms with Crippen LogP contribution in [0.3, 0.4) is 0 Å². The summed E-state index contributed by atoms with van der Waals surface area (Å²) < 4.78 is 5.35. The minimum absolute atomic E-state index is 0.0646. The number of Topliss-reactive ketones (excluding diaryl/α,β-unsaturated/α-hetero) is 1. The zero-order valence-corrected chi connectivity index (χ0v) is 22.2. The average molecular weight is 517 g/mol. The highest BCUT2D eigenvalue weighted by atomic mass is 16.5. The summed E-state index contributed by atoms with van der Waals surface area (Å²) in [6, 6.07) is 4.69. The summed E-state index contributed by atoms with van der Waals surface area (Å²) in [7, 11) is 1.71. The topological polar surface area (TPSA) is 160 Å². The first kappa shape index (κ1) is 31.3. The van der Waals surface area contributed by atoms with Crippen molar-refractivity contribution in [2.45, 2.75) is 46.1 Å². The van der Waals surface area contributed by atoms with Crippen molar-refractivity contribution in [3.8, 4) is 0 Å². The zero-order chi connectivity index (χ0) is 28.0. The molecule has 1 atom stereocenters. The molecule has 1 aliphatic rings. The molecule has 1 saturated heterocycles. The quantitative estimate of drug-likeness (QED) is 0.0940. The summed E-state index contributed by atoms with van der Waals surface area (Å²) >= 11 is 0. The van der Waals surface area contributed by atoms with Crippen molar-refractivity contribution in [3.05, 3.63) is 47.8 Å². The second-order valence-electron chi connectivity index (χ2n) is 8.27. The lowest BCUT2D eigenvalue weighted by Crippen LogP contribution is -2.50. The van der Waals surface area contributed by atoms with Crippen molar-refractivity contribution in [1.29, 1.82) is 0 Å². The Kier molecular flexibility index (Phi) is 13.7. The number of amides is 2. The Morgan fingerprint density at radius 2 is 2.00 bits per heavy atom. The van der Waals surface area contributed by atoms with Gasteiger partial charge in [-0.15, -0.1) is 0 Å². The van der Waals surface area contributed by atoms with Gasteiger partial charge in [0.05, 0.1) is 26.3 Å². The van der Waals surface area contributed by atoms with E-state index in [9.17, 15) is 19.2 Å². The van der Waals surface area contributed by atoms with E-state index in [1.54, 1.807) is 36.3 Å². The molecule has 11 heteroatoms. The Balaban J connectivity index is 0.00000334. The number of nitrogens with zero attached hydrogens (tertiary/aromatic N) is 2. The molecule has 0 aliphatic carbocycles. The lowest BCUT2D eigenvalue weighted by Gasteiger charge is -2.33. The highest BCUT2D eigenvalue weighted by molar-refractivity contribution is 6.01. The van der Waals surface area contributed by atoms with Crippen LogP contribution in [0.5, 0.6) is 0 Å². The smallest absolute Gasteiger partial charge is 0.249 e. The molecule has 11 nitrogen and oxygen atoms in total. The summed E-state index contributed by atoms with van der Waals surface area (Å²) in [5.74, 6) is 5.28. The van der Waals surface area contributed by atoms with E-state index < -0.39 is 6.04 Å². The normalized spacial score (nSPS) is 15.2. The third kappa shape index (κ3) is 10.1. The number of benzene rings is 1. The van der Waals surface area contributed by atoms with Gasteiger partial charge in [0.2, 0.25) is 11.8 Å². The number of rotatable bonds is 14. The Morgan fingerprint density at radius 1 is 1.30 bits per heavy atom. The summed E-state index contributed by atoms with van der Waals surface area (Å²) in [5.41, 5.74) is 8.44. The molecule has 1 aromatic carbocycles. The molecule has 0 aromatic heterocycles. The Hall–Kier alpha value is -3.70. The van der Waals surface area contributed by atoms with Crippen LogP contribution < -0.4 is 22.2 Å². The number of nitrogens with one attached hydrogen (secondary N) is 2. The maximum atomic E-state index is 12.2. The maximum Gasteiger partial charge on any atom is 0.249 e. The molecule has 6 N–H and O–H groups in total. The van der Waals surface area contributed by atoms with Crippen LogP contribution in [0.4, 0.5) is 5.69 Å². The lowest BCUT2D eigenvalue weighted by atomic mass is 9.99. The van der Waals surface area contributed by atoms with Crippen LogP contribution in [0, 0.1) is 0 Å². The minimum atomic E-state index is -0.558. The number of hydrogen-bond acceptors (Lipinski definition) is 10. The molecule has 1 aliphatic heterocycles. The second-order valence-corrected chi connectivity index (χ2v) is 8.27. The van der Waals surface area contributed by atoms with Crippen molar-refractivity contribution in [2.75, 3.05) is 38.7 Å². The van der Waals surface area contributed by atoms with E-state index in [2.05, 4.69) is 17.2 Å². The van der Waals surface area contributed by atoms with E-state index in [-0.39, 0.29) is 30.6 Å². The second kappa shape index (κ2) is 16.1. The maximum absolute atomic E-state index is 12.2. The summed E-state index contributed by atoms with van der Waals surface area (Å²) in [6.07, 6.45) is 3.24. The van der Waals surface area contributed by atoms with Crippen LogP contribution in [-0.4, -0.2) is 73.2 Å². The molecular weight excluding hydrogens is 476 g/mol. The molecule has 2 amide bonds. The summed E-state index contributed by atoms with van der Waals surface area (Å²) in [6.45, 7) is 10.9. The molecule has 0 bridgehead atoms. The number of carbonyl (C=O) groups is 4. The first-order chi connectivity index (χ1) is 17.6. The molecule has 204 valence electrons. The van der Waals surface area contributed by atoms with Crippen molar-refractivity contribution in [3.63, 3.8) is 0 Å². The number of aldehydes is 1. The van der Waals surface area contributed by atoms with Gasteiger partial charge in [-0.05, 0) is 19.4 Å². The van der Waals surface area contributed by atoms with Gasteiger partial charge in [-0.1, -0.05) is 32.6 Å². The number of anilines is 1. The van der Waals surface area contributed by atoms with E-state index in [0.717, 1.165) is 0 Å². The number of imide groups is 1. The minimum Gasteiger partial charge on any atom is -0.399 e. The third-order valence-electron chi connectivity index (χ3n) is 5.55. The number of hydrogen-bond donors (Lipinski definition) is 4.